The van der Waals surface area contributed by atoms with Crippen molar-refractivity contribution in [1.29, 1.82) is 0 Å². The van der Waals surface area contributed by atoms with E-state index in [1.54, 1.807) is 31.5 Å². The first-order chi connectivity index (χ1) is 15.7. The molecule has 0 atom stereocenters. The lowest BCUT2D eigenvalue weighted by molar-refractivity contribution is 0.0950. The molecular formula is C26H25N3O3. The summed E-state index contributed by atoms with van der Waals surface area (Å²) in [5, 5.41) is 7.26. The van der Waals surface area contributed by atoms with E-state index >= 15 is 0 Å². The minimum absolute atomic E-state index is 0.174. The van der Waals surface area contributed by atoms with Gasteiger partial charge in [-0.25, -0.2) is 0 Å². The Morgan fingerprint density at radius 2 is 1.72 bits per heavy atom. The number of methoxy groups -OCH3 is 1. The number of nitrogens with one attached hydrogen (secondary N) is 1. The Balaban J connectivity index is 1.40. The molecule has 3 aromatic carbocycles. The molecule has 0 radical (unpaired) electrons. The SMILES string of the molecule is COc1cc(C(=O)NCc2ccccc2Cn2cccn2)ccc1OCc1ccccc1. The number of benzene rings is 3. The average Bonchev–Trinajstić information content (AvgIpc) is 3.35. The monoisotopic (exact) mass is 427 g/mol. The van der Waals surface area contributed by atoms with Crippen LogP contribution >= 0.6 is 0 Å². The summed E-state index contributed by atoms with van der Waals surface area (Å²) in [6.45, 7) is 1.50. The molecule has 1 aromatic heterocycles. The summed E-state index contributed by atoms with van der Waals surface area (Å²) in [4.78, 5) is 12.8. The number of nitrogens with zero attached hydrogens (tertiary/aromatic N) is 2. The van der Waals surface area contributed by atoms with Crippen molar-refractivity contribution in [2.75, 3.05) is 7.11 Å². The van der Waals surface area contributed by atoms with Crippen molar-refractivity contribution in [1.82, 2.24) is 15.1 Å². The van der Waals surface area contributed by atoms with Gasteiger partial charge in [-0.05, 0) is 41.0 Å². The molecule has 0 aliphatic heterocycles. The van der Waals surface area contributed by atoms with Crippen LogP contribution in [0.15, 0.2) is 91.3 Å². The molecule has 1 amide bonds. The van der Waals surface area contributed by atoms with Gasteiger partial charge in [0, 0.05) is 24.5 Å². The van der Waals surface area contributed by atoms with Crippen LogP contribution in [0.2, 0.25) is 0 Å². The highest BCUT2D eigenvalue weighted by Crippen LogP contribution is 2.29. The van der Waals surface area contributed by atoms with Crippen LogP contribution in [-0.4, -0.2) is 22.8 Å². The highest BCUT2D eigenvalue weighted by Gasteiger charge is 2.12. The Morgan fingerprint density at radius 1 is 0.938 bits per heavy atom. The second-order valence-corrected chi connectivity index (χ2v) is 7.29. The Morgan fingerprint density at radius 3 is 2.47 bits per heavy atom. The Labute approximate surface area is 187 Å². The van der Waals surface area contributed by atoms with Crippen molar-refractivity contribution in [3.63, 3.8) is 0 Å². The van der Waals surface area contributed by atoms with E-state index in [-0.39, 0.29) is 5.91 Å². The first-order valence-corrected chi connectivity index (χ1v) is 10.4. The topological polar surface area (TPSA) is 65.4 Å². The highest BCUT2D eigenvalue weighted by atomic mass is 16.5. The normalized spacial score (nSPS) is 10.5. The summed E-state index contributed by atoms with van der Waals surface area (Å²) in [6.07, 6.45) is 3.67. The van der Waals surface area contributed by atoms with E-state index in [1.165, 1.54) is 0 Å². The summed E-state index contributed by atoms with van der Waals surface area (Å²) in [7, 11) is 1.57. The molecule has 0 saturated carbocycles. The largest absolute Gasteiger partial charge is 0.493 e. The fourth-order valence-electron chi connectivity index (χ4n) is 3.39. The van der Waals surface area contributed by atoms with Gasteiger partial charge in [-0.1, -0.05) is 54.6 Å². The van der Waals surface area contributed by atoms with Gasteiger partial charge in [0.1, 0.15) is 6.61 Å². The lowest BCUT2D eigenvalue weighted by Gasteiger charge is -2.13. The van der Waals surface area contributed by atoms with Crippen LogP contribution in [-0.2, 0) is 19.7 Å². The van der Waals surface area contributed by atoms with Crippen LogP contribution in [0.25, 0.3) is 0 Å². The van der Waals surface area contributed by atoms with Crippen molar-refractivity contribution in [3.8, 4) is 11.5 Å². The number of rotatable bonds is 9. The summed E-state index contributed by atoms with van der Waals surface area (Å²) < 4.78 is 13.2. The maximum absolute atomic E-state index is 12.8. The zero-order chi connectivity index (χ0) is 22.2. The molecule has 6 nitrogen and oxygen atoms in total. The molecule has 0 unspecified atom stereocenters. The van der Waals surface area contributed by atoms with Gasteiger partial charge in [0.2, 0.25) is 0 Å². The number of aromatic nitrogens is 2. The van der Waals surface area contributed by atoms with E-state index in [0.717, 1.165) is 16.7 Å². The molecule has 0 bridgehead atoms. The van der Waals surface area contributed by atoms with E-state index in [2.05, 4.69) is 10.4 Å². The van der Waals surface area contributed by atoms with Gasteiger partial charge in [0.05, 0.1) is 13.7 Å². The Bertz CT molecular complexity index is 1160. The zero-order valence-corrected chi connectivity index (χ0v) is 17.9. The minimum atomic E-state index is -0.174. The summed E-state index contributed by atoms with van der Waals surface area (Å²) in [5.74, 6) is 0.942. The fourth-order valence-corrected chi connectivity index (χ4v) is 3.39. The molecule has 1 N–H and O–H groups in total. The Kier molecular flexibility index (Phi) is 6.82. The number of ether oxygens (including phenoxy) is 2. The molecule has 0 spiro atoms. The summed E-state index contributed by atoms with van der Waals surface area (Å²) in [6, 6.07) is 25.0. The fraction of sp³-hybridized carbons (Fsp3) is 0.154. The first kappa shape index (κ1) is 21.2. The second kappa shape index (κ2) is 10.3. The number of hydrogen-bond donors (Lipinski definition) is 1. The van der Waals surface area contributed by atoms with Gasteiger partial charge < -0.3 is 14.8 Å². The molecule has 32 heavy (non-hydrogen) atoms. The zero-order valence-electron chi connectivity index (χ0n) is 17.9. The molecule has 4 rings (SSSR count). The van der Waals surface area contributed by atoms with Crippen LogP contribution in [0.5, 0.6) is 11.5 Å². The van der Waals surface area contributed by atoms with Crippen molar-refractivity contribution >= 4 is 5.91 Å². The van der Waals surface area contributed by atoms with Gasteiger partial charge >= 0.3 is 0 Å². The maximum atomic E-state index is 12.8. The van der Waals surface area contributed by atoms with Crippen LogP contribution in [0.1, 0.15) is 27.0 Å². The standard InChI is InChI=1S/C26H25N3O3/c1-31-25-16-21(12-13-24(25)32-19-20-8-3-2-4-9-20)26(30)27-17-22-10-5-6-11-23(22)18-29-15-7-14-28-29/h2-16H,17-19H2,1H3,(H,27,30). The molecule has 162 valence electrons. The predicted molar refractivity (Wildman–Crippen MR) is 123 cm³/mol. The quantitative estimate of drug-likeness (QED) is 0.429. The van der Waals surface area contributed by atoms with Crippen LogP contribution in [0.3, 0.4) is 0 Å². The number of carbonyl (C=O) groups excluding carboxylic acids is 1. The highest BCUT2D eigenvalue weighted by molar-refractivity contribution is 5.94. The van der Waals surface area contributed by atoms with Crippen LogP contribution in [0.4, 0.5) is 0 Å². The van der Waals surface area contributed by atoms with Gasteiger partial charge in [-0.3, -0.25) is 9.48 Å². The van der Waals surface area contributed by atoms with E-state index in [0.29, 0.717) is 36.8 Å². The molecule has 1 heterocycles. The van der Waals surface area contributed by atoms with Gasteiger partial charge in [0.15, 0.2) is 11.5 Å². The molecular weight excluding hydrogens is 402 g/mol. The first-order valence-electron chi connectivity index (χ1n) is 10.4. The lowest BCUT2D eigenvalue weighted by atomic mass is 10.1. The van der Waals surface area contributed by atoms with Gasteiger partial charge in [0.25, 0.3) is 5.91 Å². The number of carbonyl (C=O) groups is 1. The lowest BCUT2D eigenvalue weighted by Crippen LogP contribution is -2.23. The number of hydrogen-bond acceptors (Lipinski definition) is 4. The van der Waals surface area contributed by atoms with E-state index in [9.17, 15) is 4.79 Å². The molecule has 0 fully saturated rings. The third-order valence-electron chi connectivity index (χ3n) is 5.11. The molecule has 4 aromatic rings. The second-order valence-electron chi connectivity index (χ2n) is 7.29. The van der Waals surface area contributed by atoms with Crippen LogP contribution in [0, 0.1) is 0 Å². The van der Waals surface area contributed by atoms with E-state index in [4.69, 9.17) is 9.47 Å². The maximum Gasteiger partial charge on any atom is 0.251 e. The van der Waals surface area contributed by atoms with E-state index in [1.807, 2.05) is 71.5 Å². The third-order valence-corrected chi connectivity index (χ3v) is 5.11. The molecule has 6 heteroatoms. The van der Waals surface area contributed by atoms with Gasteiger partial charge in [-0.15, -0.1) is 0 Å². The van der Waals surface area contributed by atoms with E-state index < -0.39 is 0 Å². The Hall–Kier alpha value is -4.06. The number of amides is 1. The molecule has 0 saturated heterocycles. The van der Waals surface area contributed by atoms with Crippen molar-refractivity contribution < 1.29 is 14.3 Å². The molecule has 0 aliphatic rings. The van der Waals surface area contributed by atoms with Crippen molar-refractivity contribution in [2.45, 2.75) is 19.7 Å². The summed E-state index contributed by atoms with van der Waals surface area (Å²) >= 11 is 0. The smallest absolute Gasteiger partial charge is 0.251 e. The van der Waals surface area contributed by atoms with Crippen molar-refractivity contribution in [2.24, 2.45) is 0 Å². The van der Waals surface area contributed by atoms with Crippen LogP contribution < -0.4 is 14.8 Å². The molecule has 0 aliphatic carbocycles. The average molecular weight is 428 g/mol. The minimum Gasteiger partial charge on any atom is -0.493 e. The summed E-state index contributed by atoms with van der Waals surface area (Å²) in [5.41, 5.74) is 3.73. The van der Waals surface area contributed by atoms with Crippen molar-refractivity contribution in [3.05, 3.63) is 114 Å². The third kappa shape index (κ3) is 5.35. The predicted octanol–water partition coefficient (Wildman–Crippen LogP) is 4.45. The van der Waals surface area contributed by atoms with Gasteiger partial charge in [-0.2, -0.15) is 5.10 Å².